The molecule has 0 radical (unpaired) electrons. The number of hydrogen-bond acceptors (Lipinski definition) is 2. The number of ether oxygens (including phenoxy) is 1. The third-order valence-electron chi connectivity index (χ3n) is 6.19. The van der Waals surface area contributed by atoms with Crippen LogP contribution in [0.1, 0.15) is 44.1 Å². The average molecular weight is 313 g/mol. The maximum absolute atomic E-state index is 12.2. The molecule has 1 amide bonds. The molecule has 0 atom stereocenters. The molecule has 0 aliphatic heterocycles. The van der Waals surface area contributed by atoms with Gasteiger partial charge >= 0.3 is 0 Å². The zero-order chi connectivity index (χ0) is 15.9. The van der Waals surface area contributed by atoms with E-state index in [2.05, 4.69) is 5.32 Å². The van der Waals surface area contributed by atoms with Gasteiger partial charge in [-0.1, -0.05) is 12.1 Å². The van der Waals surface area contributed by atoms with Crippen molar-refractivity contribution in [1.29, 1.82) is 0 Å². The van der Waals surface area contributed by atoms with Gasteiger partial charge in [-0.15, -0.1) is 0 Å². The second-order valence-electron chi connectivity index (χ2n) is 8.30. The van der Waals surface area contributed by atoms with Crippen molar-refractivity contribution in [3.8, 4) is 5.75 Å². The Balaban J connectivity index is 1.28. The van der Waals surface area contributed by atoms with Crippen LogP contribution in [-0.2, 0) is 4.79 Å². The zero-order valence-electron chi connectivity index (χ0n) is 14.0. The second kappa shape index (κ2) is 5.85. The quantitative estimate of drug-likeness (QED) is 0.900. The molecule has 124 valence electrons. The highest BCUT2D eigenvalue weighted by Crippen LogP contribution is 2.59. The van der Waals surface area contributed by atoms with Gasteiger partial charge in [0.2, 0.25) is 0 Å². The predicted molar refractivity (Wildman–Crippen MR) is 90.3 cm³/mol. The molecule has 1 N–H and O–H groups in total. The molecule has 23 heavy (non-hydrogen) atoms. The number of nitrogens with one attached hydrogen (secondary N) is 1. The second-order valence-corrected chi connectivity index (χ2v) is 8.30. The molecule has 4 fully saturated rings. The van der Waals surface area contributed by atoms with Gasteiger partial charge in [-0.2, -0.15) is 0 Å². The van der Waals surface area contributed by atoms with Crippen molar-refractivity contribution in [2.24, 2.45) is 23.2 Å². The Hall–Kier alpha value is -1.51. The van der Waals surface area contributed by atoms with Crippen LogP contribution in [-0.4, -0.2) is 19.1 Å². The maximum atomic E-state index is 12.2. The number of amides is 1. The summed E-state index contributed by atoms with van der Waals surface area (Å²) in [6.07, 6.45) is 8.34. The van der Waals surface area contributed by atoms with E-state index in [1.54, 1.807) is 0 Å². The monoisotopic (exact) mass is 313 g/mol. The summed E-state index contributed by atoms with van der Waals surface area (Å²) in [6, 6.07) is 7.85. The van der Waals surface area contributed by atoms with Gasteiger partial charge in [-0.3, -0.25) is 4.79 Å². The first-order valence-electron chi connectivity index (χ1n) is 9.06. The highest BCUT2D eigenvalue weighted by Gasteiger charge is 2.50. The van der Waals surface area contributed by atoms with Crippen molar-refractivity contribution < 1.29 is 9.53 Å². The summed E-state index contributed by atoms with van der Waals surface area (Å²) < 4.78 is 5.61. The van der Waals surface area contributed by atoms with E-state index in [4.69, 9.17) is 4.74 Å². The average Bonchev–Trinajstić information content (AvgIpc) is 2.50. The highest BCUT2D eigenvalue weighted by atomic mass is 16.5. The minimum absolute atomic E-state index is 0.0160. The number of carbonyl (C=O) groups is 1. The first kappa shape index (κ1) is 15.0. The Kier molecular flexibility index (Phi) is 3.82. The molecule has 0 heterocycles. The van der Waals surface area contributed by atoms with Crippen molar-refractivity contribution in [1.82, 2.24) is 5.32 Å². The predicted octanol–water partition coefficient (Wildman–Crippen LogP) is 3.71. The van der Waals surface area contributed by atoms with Crippen LogP contribution in [0, 0.1) is 30.1 Å². The lowest BCUT2D eigenvalue weighted by molar-refractivity contribution is -0.125. The SMILES string of the molecule is Cc1cccc(OCC(=O)NCC23CC4CC(CC(C4)C2)C3)c1. The molecule has 0 unspecified atom stereocenters. The molecule has 4 aliphatic rings. The zero-order valence-corrected chi connectivity index (χ0v) is 14.0. The molecule has 4 aliphatic carbocycles. The van der Waals surface area contributed by atoms with Crippen molar-refractivity contribution in [2.75, 3.05) is 13.2 Å². The van der Waals surface area contributed by atoms with E-state index in [1.165, 1.54) is 38.5 Å². The molecular formula is C20H27NO2. The third kappa shape index (κ3) is 3.24. The van der Waals surface area contributed by atoms with Gasteiger partial charge in [0, 0.05) is 6.54 Å². The van der Waals surface area contributed by atoms with Crippen LogP contribution < -0.4 is 10.1 Å². The van der Waals surface area contributed by atoms with Crippen LogP contribution in [0.15, 0.2) is 24.3 Å². The summed E-state index contributed by atoms with van der Waals surface area (Å²) in [5.41, 5.74) is 1.55. The molecule has 0 saturated heterocycles. The van der Waals surface area contributed by atoms with Crippen LogP contribution >= 0.6 is 0 Å². The highest BCUT2D eigenvalue weighted by molar-refractivity contribution is 5.77. The van der Waals surface area contributed by atoms with Gasteiger partial charge in [0.1, 0.15) is 5.75 Å². The fourth-order valence-electron chi connectivity index (χ4n) is 5.70. The van der Waals surface area contributed by atoms with Crippen LogP contribution in [0.4, 0.5) is 0 Å². The number of hydrogen-bond donors (Lipinski definition) is 1. The molecule has 3 nitrogen and oxygen atoms in total. The molecule has 4 bridgehead atoms. The van der Waals surface area contributed by atoms with Gasteiger partial charge in [-0.05, 0) is 86.3 Å². The summed E-state index contributed by atoms with van der Waals surface area (Å²) in [4.78, 5) is 12.2. The minimum atomic E-state index is 0.0160. The fourth-order valence-corrected chi connectivity index (χ4v) is 5.70. The minimum Gasteiger partial charge on any atom is -0.484 e. The first-order valence-corrected chi connectivity index (χ1v) is 9.06. The normalized spacial score (nSPS) is 34.4. The fraction of sp³-hybridized carbons (Fsp3) is 0.650. The van der Waals surface area contributed by atoms with Gasteiger partial charge < -0.3 is 10.1 Å². The lowest BCUT2D eigenvalue weighted by Gasteiger charge is -2.56. The van der Waals surface area contributed by atoms with E-state index in [0.717, 1.165) is 35.6 Å². The molecule has 1 aromatic carbocycles. The molecule has 1 aromatic rings. The molecule has 0 spiro atoms. The largest absolute Gasteiger partial charge is 0.484 e. The topological polar surface area (TPSA) is 38.3 Å². The Morgan fingerprint density at radius 2 is 1.83 bits per heavy atom. The van der Waals surface area contributed by atoms with E-state index < -0.39 is 0 Å². The summed E-state index contributed by atoms with van der Waals surface area (Å²) in [5.74, 6) is 3.59. The van der Waals surface area contributed by atoms with Gasteiger partial charge in [0.05, 0.1) is 0 Å². The van der Waals surface area contributed by atoms with E-state index in [1.807, 2.05) is 31.2 Å². The smallest absolute Gasteiger partial charge is 0.257 e. The van der Waals surface area contributed by atoms with E-state index in [9.17, 15) is 4.79 Å². The van der Waals surface area contributed by atoms with Crippen molar-refractivity contribution in [2.45, 2.75) is 45.4 Å². The van der Waals surface area contributed by atoms with Gasteiger partial charge in [0.25, 0.3) is 5.91 Å². The maximum Gasteiger partial charge on any atom is 0.257 e. The lowest BCUT2D eigenvalue weighted by atomic mass is 9.49. The lowest BCUT2D eigenvalue weighted by Crippen LogP contribution is -2.51. The summed E-state index contributed by atoms with van der Waals surface area (Å²) in [6.45, 7) is 3.00. The summed E-state index contributed by atoms with van der Waals surface area (Å²) in [7, 11) is 0. The first-order chi connectivity index (χ1) is 11.1. The molecule has 0 aromatic heterocycles. The van der Waals surface area contributed by atoms with E-state index >= 15 is 0 Å². The Morgan fingerprint density at radius 1 is 1.17 bits per heavy atom. The van der Waals surface area contributed by atoms with Crippen molar-refractivity contribution in [3.05, 3.63) is 29.8 Å². The van der Waals surface area contributed by atoms with Crippen molar-refractivity contribution >= 4 is 5.91 Å². The van der Waals surface area contributed by atoms with Gasteiger partial charge in [0.15, 0.2) is 6.61 Å². The Labute approximate surface area is 138 Å². The number of aryl methyl sites for hydroxylation is 1. The number of benzene rings is 1. The standard InChI is InChI=1S/C20H27NO2/c1-14-3-2-4-18(5-14)23-12-19(22)21-13-20-9-15-6-16(10-20)8-17(7-15)11-20/h2-5,15-17H,6-13H2,1H3,(H,21,22). The molecule has 4 saturated carbocycles. The Morgan fingerprint density at radius 3 is 2.43 bits per heavy atom. The molecule has 3 heteroatoms. The van der Waals surface area contributed by atoms with Crippen LogP contribution in [0.3, 0.4) is 0 Å². The van der Waals surface area contributed by atoms with Gasteiger partial charge in [-0.25, -0.2) is 0 Å². The molecule has 5 rings (SSSR count). The molecular weight excluding hydrogens is 286 g/mol. The number of rotatable bonds is 5. The number of carbonyl (C=O) groups excluding carboxylic acids is 1. The summed E-state index contributed by atoms with van der Waals surface area (Å²) in [5, 5.41) is 3.16. The van der Waals surface area contributed by atoms with E-state index in [-0.39, 0.29) is 12.5 Å². The third-order valence-corrected chi connectivity index (χ3v) is 6.19. The van der Waals surface area contributed by atoms with Crippen molar-refractivity contribution in [3.63, 3.8) is 0 Å². The Bertz CT molecular complexity index is 560. The van der Waals surface area contributed by atoms with E-state index in [0.29, 0.717) is 5.41 Å². The van der Waals surface area contributed by atoms with Crippen LogP contribution in [0.5, 0.6) is 5.75 Å². The summed E-state index contributed by atoms with van der Waals surface area (Å²) >= 11 is 0. The van der Waals surface area contributed by atoms with Crippen LogP contribution in [0.25, 0.3) is 0 Å². The van der Waals surface area contributed by atoms with Crippen LogP contribution in [0.2, 0.25) is 0 Å².